The molecule has 0 fully saturated rings. The van der Waals surface area contributed by atoms with E-state index in [9.17, 15) is 14.7 Å². The van der Waals surface area contributed by atoms with Crippen LogP contribution in [0.3, 0.4) is 0 Å². The first kappa shape index (κ1) is 18.3. The van der Waals surface area contributed by atoms with Gasteiger partial charge in [-0.15, -0.1) is 11.3 Å². The molecule has 6 heteroatoms. The predicted octanol–water partition coefficient (Wildman–Crippen LogP) is 5.05. The summed E-state index contributed by atoms with van der Waals surface area (Å²) in [5.41, 5.74) is 2.62. The van der Waals surface area contributed by atoms with Gasteiger partial charge in [0.2, 0.25) is 5.78 Å². The number of hydrogen-bond donors (Lipinski definition) is 1. The molecular formula is C22H19NO4S. The molecule has 0 spiro atoms. The van der Waals surface area contributed by atoms with Crippen LogP contribution in [0.25, 0.3) is 0 Å². The highest BCUT2D eigenvalue weighted by molar-refractivity contribution is 7.12. The van der Waals surface area contributed by atoms with Crippen LogP contribution < -0.4 is 4.90 Å². The van der Waals surface area contributed by atoms with Crippen molar-refractivity contribution in [2.75, 3.05) is 4.90 Å². The zero-order valence-corrected chi connectivity index (χ0v) is 16.5. The first-order chi connectivity index (χ1) is 13.4. The third-order valence-electron chi connectivity index (χ3n) is 4.71. The minimum atomic E-state index is -0.822. The average molecular weight is 393 g/mol. The quantitative estimate of drug-likeness (QED) is 0.630. The molecule has 0 bridgehead atoms. The molecule has 3 heterocycles. The van der Waals surface area contributed by atoms with Crippen LogP contribution >= 0.6 is 11.3 Å². The van der Waals surface area contributed by atoms with Crippen LogP contribution in [0.2, 0.25) is 0 Å². The van der Waals surface area contributed by atoms with E-state index in [1.54, 1.807) is 36.6 Å². The summed E-state index contributed by atoms with van der Waals surface area (Å²) in [4.78, 5) is 28.1. The van der Waals surface area contributed by atoms with Crippen LogP contribution in [0, 0.1) is 20.8 Å². The zero-order chi connectivity index (χ0) is 20.0. The summed E-state index contributed by atoms with van der Waals surface area (Å²) in [6.45, 7) is 5.67. The van der Waals surface area contributed by atoms with E-state index in [1.165, 1.54) is 16.2 Å². The summed E-state index contributed by atoms with van der Waals surface area (Å²) in [6.07, 6.45) is 0. The first-order valence-electron chi connectivity index (χ1n) is 8.86. The summed E-state index contributed by atoms with van der Waals surface area (Å²) in [7, 11) is 0. The van der Waals surface area contributed by atoms with E-state index in [1.807, 2.05) is 32.0 Å². The molecule has 4 rings (SSSR count). The monoisotopic (exact) mass is 393 g/mol. The van der Waals surface area contributed by atoms with Crippen LogP contribution in [0.4, 0.5) is 5.69 Å². The summed E-state index contributed by atoms with van der Waals surface area (Å²) in [5, 5.41) is 12.5. The van der Waals surface area contributed by atoms with Crippen molar-refractivity contribution in [1.29, 1.82) is 0 Å². The highest BCUT2D eigenvalue weighted by atomic mass is 32.1. The highest BCUT2D eigenvalue weighted by Gasteiger charge is 2.46. The number of carbonyl (C=O) groups is 2. The number of furan rings is 1. The molecule has 142 valence electrons. The number of aryl methyl sites for hydroxylation is 3. The number of anilines is 1. The summed E-state index contributed by atoms with van der Waals surface area (Å²) < 4.78 is 5.79. The summed E-state index contributed by atoms with van der Waals surface area (Å²) >= 11 is 1.27. The molecule has 0 radical (unpaired) electrons. The van der Waals surface area contributed by atoms with Crippen molar-refractivity contribution in [2.45, 2.75) is 26.8 Å². The molecule has 28 heavy (non-hydrogen) atoms. The molecule has 1 unspecified atom stereocenters. The van der Waals surface area contributed by atoms with Gasteiger partial charge in [-0.3, -0.25) is 14.5 Å². The minimum absolute atomic E-state index is 0.0426. The molecule has 0 saturated carbocycles. The molecule has 3 aromatic rings. The standard InChI is InChI=1S/C22H19NO4S/c1-12-9-13(2)11-15(10-12)23-19(16-7-6-14(3)27-16)18(21(25)22(23)26)20(24)17-5-4-8-28-17/h4-11,19,25H,1-3H3. The smallest absolute Gasteiger partial charge is 0.294 e. The van der Waals surface area contributed by atoms with Crippen molar-refractivity contribution in [3.63, 3.8) is 0 Å². The fourth-order valence-corrected chi connectivity index (χ4v) is 4.28. The van der Waals surface area contributed by atoms with Crippen molar-refractivity contribution < 1.29 is 19.1 Å². The number of rotatable bonds is 4. The van der Waals surface area contributed by atoms with Crippen LogP contribution in [0.1, 0.15) is 38.4 Å². The Kier molecular flexibility index (Phi) is 4.43. The number of benzene rings is 1. The largest absolute Gasteiger partial charge is 0.503 e. The number of aliphatic hydroxyl groups excluding tert-OH is 1. The van der Waals surface area contributed by atoms with E-state index < -0.39 is 17.7 Å². The number of hydrogen-bond acceptors (Lipinski definition) is 5. The van der Waals surface area contributed by atoms with Gasteiger partial charge >= 0.3 is 0 Å². The molecule has 1 aliphatic heterocycles. The van der Waals surface area contributed by atoms with Gasteiger partial charge in [0.1, 0.15) is 17.6 Å². The van der Waals surface area contributed by atoms with Crippen LogP contribution in [0.15, 0.2) is 63.6 Å². The van der Waals surface area contributed by atoms with Crippen LogP contribution in [0.5, 0.6) is 0 Å². The second-order valence-corrected chi connectivity index (χ2v) is 7.89. The Balaban J connectivity index is 1.90. The lowest BCUT2D eigenvalue weighted by atomic mass is 9.99. The normalized spacial score (nSPS) is 16.9. The molecule has 1 amide bonds. The summed E-state index contributed by atoms with van der Waals surface area (Å²) in [6, 6.07) is 11.9. The van der Waals surface area contributed by atoms with Gasteiger partial charge in [-0.05, 0) is 67.6 Å². The van der Waals surface area contributed by atoms with Gasteiger partial charge in [0.15, 0.2) is 5.76 Å². The van der Waals surface area contributed by atoms with E-state index in [0.29, 0.717) is 22.1 Å². The van der Waals surface area contributed by atoms with Crippen molar-refractivity contribution in [2.24, 2.45) is 0 Å². The lowest BCUT2D eigenvalue weighted by Gasteiger charge is -2.25. The molecule has 1 aromatic carbocycles. The Morgan fingerprint density at radius 2 is 1.82 bits per heavy atom. The second-order valence-electron chi connectivity index (χ2n) is 6.94. The molecule has 0 saturated heterocycles. The number of ketones is 1. The molecular weight excluding hydrogens is 374 g/mol. The topological polar surface area (TPSA) is 70.8 Å². The average Bonchev–Trinajstić information content (AvgIpc) is 3.35. The number of Topliss-reactive ketones (excluding diaryl/α,β-unsaturated/α-hetero) is 1. The van der Waals surface area contributed by atoms with Gasteiger partial charge in [-0.1, -0.05) is 12.1 Å². The number of amides is 1. The second kappa shape index (κ2) is 6.80. The van der Waals surface area contributed by atoms with E-state index in [4.69, 9.17) is 4.42 Å². The molecule has 1 atom stereocenters. The fourth-order valence-electron chi connectivity index (χ4n) is 3.60. The Hall–Kier alpha value is -3.12. The van der Waals surface area contributed by atoms with Crippen molar-refractivity contribution >= 4 is 28.7 Å². The lowest BCUT2D eigenvalue weighted by Crippen LogP contribution is -2.31. The Labute approximate surface area is 166 Å². The van der Waals surface area contributed by atoms with Crippen molar-refractivity contribution in [3.05, 3.63) is 86.7 Å². The maximum atomic E-state index is 13.1. The third-order valence-corrected chi connectivity index (χ3v) is 5.58. The number of thiophene rings is 1. The van der Waals surface area contributed by atoms with Gasteiger partial charge in [0.05, 0.1) is 10.5 Å². The van der Waals surface area contributed by atoms with Crippen LogP contribution in [-0.4, -0.2) is 16.8 Å². The molecule has 2 aromatic heterocycles. The van der Waals surface area contributed by atoms with Gasteiger partial charge in [-0.2, -0.15) is 0 Å². The fraction of sp³-hybridized carbons (Fsp3) is 0.182. The maximum Gasteiger partial charge on any atom is 0.294 e. The maximum absolute atomic E-state index is 13.1. The zero-order valence-electron chi connectivity index (χ0n) is 15.7. The Bertz CT molecular complexity index is 1090. The summed E-state index contributed by atoms with van der Waals surface area (Å²) in [5.74, 6) is -0.404. The SMILES string of the molecule is Cc1cc(C)cc(N2C(=O)C(O)=C(C(=O)c3cccs3)C2c2ccc(C)o2)c1. The van der Waals surface area contributed by atoms with E-state index in [0.717, 1.165) is 11.1 Å². The minimum Gasteiger partial charge on any atom is -0.503 e. The number of carbonyl (C=O) groups excluding carboxylic acids is 2. The van der Waals surface area contributed by atoms with Crippen molar-refractivity contribution in [3.8, 4) is 0 Å². The van der Waals surface area contributed by atoms with Gasteiger partial charge in [0, 0.05) is 5.69 Å². The number of nitrogens with zero attached hydrogens (tertiary/aromatic N) is 1. The molecule has 1 N–H and O–H groups in total. The highest BCUT2D eigenvalue weighted by Crippen LogP contribution is 2.43. The predicted molar refractivity (Wildman–Crippen MR) is 108 cm³/mol. The number of aliphatic hydroxyl groups is 1. The van der Waals surface area contributed by atoms with E-state index in [2.05, 4.69) is 0 Å². The van der Waals surface area contributed by atoms with Crippen molar-refractivity contribution in [1.82, 2.24) is 0 Å². The molecule has 5 nitrogen and oxygen atoms in total. The van der Waals surface area contributed by atoms with Crippen LogP contribution in [-0.2, 0) is 4.79 Å². The van der Waals surface area contributed by atoms with Gasteiger partial charge in [0.25, 0.3) is 5.91 Å². The Morgan fingerprint density at radius 1 is 1.11 bits per heavy atom. The molecule has 0 aliphatic carbocycles. The first-order valence-corrected chi connectivity index (χ1v) is 9.74. The lowest BCUT2D eigenvalue weighted by molar-refractivity contribution is -0.117. The molecule has 1 aliphatic rings. The van der Waals surface area contributed by atoms with E-state index in [-0.39, 0.29) is 11.4 Å². The Morgan fingerprint density at radius 3 is 2.39 bits per heavy atom. The van der Waals surface area contributed by atoms with E-state index >= 15 is 0 Å². The van der Waals surface area contributed by atoms with Gasteiger partial charge < -0.3 is 9.52 Å². The third kappa shape index (κ3) is 2.96. The van der Waals surface area contributed by atoms with Gasteiger partial charge in [-0.25, -0.2) is 0 Å².